The van der Waals surface area contributed by atoms with Crippen molar-refractivity contribution in [2.24, 2.45) is 11.8 Å². The van der Waals surface area contributed by atoms with Crippen molar-refractivity contribution in [3.8, 4) is 17.0 Å². The molecule has 0 amide bonds. The molecule has 0 radical (unpaired) electrons. The molecule has 0 bridgehead atoms. The van der Waals surface area contributed by atoms with Crippen LogP contribution in [-0.2, 0) is 0 Å². The Morgan fingerprint density at radius 1 is 1.10 bits per heavy atom. The van der Waals surface area contributed by atoms with E-state index in [2.05, 4.69) is 59.9 Å². The number of ether oxygens (including phenoxy) is 1. The van der Waals surface area contributed by atoms with Crippen molar-refractivity contribution in [2.45, 2.75) is 51.5 Å². The van der Waals surface area contributed by atoms with E-state index in [0.29, 0.717) is 6.61 Å². The maximum absolute atomic E-state index is 6.08. The first kappa shape index (κ1) is 20.7. The molecule has 2 heterocycles. The zero-order valence-electron chi connectivity index (χ0n) is 19.1. The number of rotatable bonds is 9. The zero-order chi connectivity index (χ0) is 21.5. The van der Waals surface area contributed by atoms with Crippen LogP contribution in [0.4, 0.5) is 5.69 Å². The topological polar surface area (TPSA) is 29.8 Å². The molecule has 5 rings (SSSR count). The van der Waals surface area contributed by atoms with Gasteiger partial charge in [-0.3, -0.25) is 0 Å². The first-order valence-corrected chi connectivity index (χ1v) is 12.9. The number of aromatic nitrogens is 2. The average Bonchev–Trinajstić information content (AvgIpc) is 3.67. The van der Waals surface area contributed by atoms with Crippen LogP contribution >= 0.6 is 11.8 Å². The van der Waals surface area contributed by atoms with E-state index in [1.54, 1.807) is 11.8 Å². The smallest absolute Gasteiger partial charge is 0.142 e. The summed E-state index contributed by atoms with van der Waals surface area (Å²) in [5.74, 6) is 2.66. The molecule has 164 valence electrons. The molecule has 2 saturated carbocycles. The van der Waals surface area contributed by atoms with Crippen molar-refractivity contribution < 1.29 is 4.74 Å². The first-order chi connectivity index (χ1) is 15.1. The Labute approximate surface area is 190 Å². The van der Waals surface area contributed by atoms with Gasteiger partial charge in [-0.25, -0.2) is 4.52 Å². The summed E-state index contributed by atoms with van der Waals surface area (Å²) in [5, 5.41) is 6.27. The van der Waals surface area contributed by atoms with Crippen LogP contribution in [0.5, 0.6) is 5.75 Å². The molecule has 0 N–H and O–H groups in total. The lowest BCUT2D eigenvalue weighted by molar-refractivity contribution is 0.341. The van der Waals surface area contributed by atoms with Crippen LogP contribution in [0.15, 0.2) is 35.4 Å². The molecule has 0 saturated heterocycles. The van der Waals surface area contributed by atoms with Gasteiger partial charge < -0.3 is 9.64 Å². The quantitative estimate of drug-likeness (QED) is 0.366. The highest BCUT2D eigenvalue weighted by Crippen LogP contribution is 2.42. The summed E-state index contributed by atoms with van der Waals surface area (Å²) in [6.07, 6.45) is 7.65. The van der Waals surface area contributed by atoms with E-state index in [9.17, 15) is 0 Å². The number of hydrogen-bond acceptors (Lipinski definition) is 4. The van der Waals surface area contributed by atoms with Gasteiger partial charge in [-0.1, -0.05) is 12.1 Å². The first-order valence-electron chi connectivity index (χ1n) is 11.6. The Kier molecular flexibility index (Phi) is 5.63. The maximum atomic E-state index is 6.08. The minimum atomic E-state index is 0.656. The van der Waals surface area contributed by atoms with Gasteiger partial charge >= 0.3 is 0 Å². The monoisotopic (exact) mass is 435 g/mol. The van der Waals surface area contributed by atoms with Crippen molar-refractivity contribution in [1.82, 2.24) is 9.61 Å². The number of thioether (sulfide) groups is 1. The minimum Gasteiger partial charge on any atom is -0.493 e. The summed E-state index contributed by atoms with van der Waals surface area (Å²) in [7, 11) is 0. The SMILES string of the molecule is CCOc1cc(C)cc(C)c1-c1cccc2c(N(CC3CC3)CC3CC3)c(SC)nn12. The molecular weight excluding hydrogens is 402 g/mol. The molecule has 0 spiro atoms. The van der Waals surface area contributed by atoms with Crippen molar-refractivity contribution in [3.63, 3.8) is 0 Å². The van der Waals surface area contributed by atoms with Gasteiger partial charge in [-0.2, -0.15) is 5.10 Å². The predicted octanol–water partition coefficient (Wildman–Crippen LogP) is 6.37. The van der Waals surface area contributed by atoms with Gasteiger partial charge in [0.1, 0.15) is 10.8 Å². The molecule has 5 heteroatoms. The molecule has 1 aromatic carbocycles. The fourth-order valence-electron chi connectivity index (χ4n) is 4.67. The number of aryl methyl sites for hydroxylation is 2. The third-order valence-corrected chi connectivity index (χ3v) is 7.12. The summed E-state index contributed by atoms with van der Waals surface area (Å²) in [6, 6.07) is 11.0. The van der Waals surface area contributed by atoms with Gasteiger partial charge in [-0.15, -0.1) is 11.8 Å². The lowest BCUT2D eigenvalue weighted by Gasteiger charge is -2.25. The van der Waals surface area contributed by atoms with Crippen molar-refractivity contribution in [2.75, 3.05) is 30.9 Å². The highest BCUT2D eigenvalue weighted by atomic mass is 32.2. The largest absolute Gasteiger partial charge is 0.493 e. The van der Waals surface area contributed by atoms with Crippen molar-refractivity contribution in [1.29, 1.82) is 0 Å². The predicted molar refractivity (Wildman–Crippen MR) is 131 cm³/mol. The second-order valence-electron chi connectivity index (χ2n) is 9.25. The van der Waals surface area contributed by atoms with E-state index in [-0.39, 0.29) is 0 Å². The Hall–Kier alpha value is -2.14. The number of pyridine rings is 1. The van der Waals surface area contributed by atoms with E-state index in [1.807, 2.05) is 6.92 Å². The van der Waals surface area contributed by atoms with Gasteiger partial charge in [0.05, 0.1) is 23.5 Å². The van der Waals surface area contributed by atoms with Gasteiger partial charge in [0.25, 0.3) is 0 Å². The molecule has 0 aliphatic heterocycles. The van der Waals surface area contributed by atoms with Gasteiger partial charge in [0.15, 0.2) is 0 Å². The summed E-state index contributed by atoms with van der Waals surface area (Å²) in [6.45, 7) is 9.35. The van der Waals surface area contributed by atoms with Gasteiger partial charge in [-0.05, 0) is 93.9 Å². The van der Waals surface area contributed by atoms with Crippen LogP contribution < -0.4 is 9.64 Å². The second kappa shape index (κ2) is 8.42. The van der Waals surface area contributed by atoms with Crippen LogP contribution in [0.1, 0.15) is 43.7 Å². The Morgan fingerprint density at radius 2 is 1.81 bits per heavy atom. The van der Waals surface area contributed by atoms with E-state index < -0.39 is 0 Å². The third kappa shape index (κ3) is 4.17. The molecule has 4 nitrogen and oxygen atoms in total. The minimum absolute atomic E-state index is 0.656. The maximum Gasteiger partial charge on any atom is 0.142 e. The summed E-state index contributed by atoms with van der Waals surface area (Å²) in [4.78, 5) is 2.65. The normalized spacial score (nSPS) is 16.1. The standard InChI is InChI=1S/C26H33N3OS/c1-5-30-23-14-17(2)13-18(3)24(23)21-7-6-8-22-25(26(31-4)27-29(21)22)28(15-19-9-10-19)16-20-11-12-20/h6-8,13-14,19-20H,5,9-12,15-16H2,1-4H3. The number of nitrogens with zero attached hydrogens (tertiary/aromatic N) is 3. The van der Waals surface area contributed by atoms with E-state index in [4.69, 9.17) is 9.84 Å². The highest BCUT2D eigenvalue weighted by molar-refractivity contribution is 7.98. The summed E-state index contributed by atoms with van der Waals surface area (Å²) < 4.78 is 8.24. The third-order valence-electron chi connectivity index (χ3n) is 6.46. The zero-order valence-corrected chi connectivity index (χ0v) is 20.0. The Bertz CT molecular complexity index is 1080. The molecule has 31 heavy (non-hydrogen) atoms. The molecule has 2 aliphatic rings. The van der Waals surface area contributed by atoms with E-state index in [0.717, 1.165) is 33.9 Å². The van der Waals surface area contributed by atoms with Crippen LogP contribution in [0.25, 0.3) is 16.8 Å². The highest BCUT2D eigenvalue weighted by Gasteiger charge is 2.32. The van der Waals surface area contributed by atoms with E-state index >= 15 is 0 Å². The van der Waals surface area contributed by atoms with E-state index in [1.165, 1.54) is 61.1 Å². The lowest BCUT2D eigenvalue weighted by Crippen LogP contribution is -2.28. The fraction of sp³-hybridized carbons (Fsp3) is 0.500. The molecule has 2 aliphatic carbocycles. The second-order valence-corrected chi connectivity index (χ2v) is 10.0. The summed E-state index contributed by atoms with van der Waals surface area (Å²) in [5.41, 5.74) is 7.25. The number of benzene rings is 1. The Balaban J connectivity index is 1.67. The molecule has 2 fully saturated rings. The number of fused-ring (bicyclic) bond motifs is 1. The lowest BCUT2D eigenvalue weighted by atomic mass is 10.0. The molecular formula is C26H33N3OS. The number of anilines is 1. The van der Waals surface area contributed by atoms with Crippen LogP contribution in [0.3, 0.4) is 0 Å². The van der Waals surface area contributed by atoms with Gasteiger partial charge in [0, 0.05) is 18.7 Å². The van der Waals surface area contributed by atoms with Gasteiger partial charge in [0.2, 0.25) is 0 Å². The fourth-order valence-corrected chi connectivity index (χ4v) is 5.26. The molecule has 2 aromatic heterocycles. The van der Waals surface area contributed by atoms with Crippen LogP contribution in [0, 0.1) is 25.7 Å². The Morgan fingerprint density at radius 3 is 2.42 bits per heavy atom. The van der Waals surface area contributed by atoms with Crippen molar-refractivity contribution in [3.05, 3.63) is 41.5 Å². The summed E-state index contributed by atoms with van der Waals surface area (Å²) >= 11 is 1.76. The molecule has 3 aromatic rings. The number of hydrogen-bond donors (Lipinski definition) is 0. The average molecular weight is 436 g/mol. The van der Waals surface area contributed by atoms with Crippen LogP contribution in [0.2, 0.25) is 0 Å². The van der Waals surface area contributed by atoms with Crippen LogP contribution in [-0.4, -0.2) is 35.6 Å². The molecule has 0 unspecified atom stereocenters. The van der Waals surface area contributed by atoms with Crippen molar-refractivity contribution >= 4 is 23.0 Å². The molecule has 0 atom stereocenters.